The molecule has 180 valence electrons. The second kappa shape index (κ2) is 9.71. The summed E-state index contributed by atoms with van der Waals surface area (Å²) in [6, 6.07) is 0. The van der Waals surface area contributed by atoms with Crippen molar-refractivity contribution in [3.8, 4) is 0 Å². The van der Waals surface area contributed by atoms with Gasteiger partial charge in [0.2, 0.25) is 0 Å². The minimum absolute atomic E-state index is 0.301. The zero-order chi connectivity index (χ0) is 23.8. The van der Waals surface area contributed by atoms with E-state index in [0.717, 1.165) is 6.42 Å². The quantitative estimate of drug-likeness (QED) is 0.398. The molecule has 33 heavy (non-hydrogen) atoms. The van der Waals surface area contributed by atoms with Gasteiger partial charge in [0, 0.05) is 12.0 Å². The number of ether oxygens (including phenoxy) is 2. The van der Waals surface area contributed by atoms with Gasteiger partial charge < -0.3 is 4.74 Å². The van der Waals surface area contributed by atoms with Crippen molar-refractivity contribution in [2.75, 3.05) is 6.61 Å². The van der Waals surface area contributed by atoms with Gasteiger partial charge in [0.05, 0.1) is 6.61 Å². The van der Waals surface area contributed by atoms with Crippen molar-refractivity contribution in [2.24, 2.45) is 5.92 Å². The van der Waals surface area contributed by atoms with Crippen molar-refractivity contribution in [1.29, 1.82) is 0 Å². The van der Waals surface area contributed by atoms with Crippen molar-refractivity contribution in [2.45, 2.75) is 76.9 Å². The van der Waals surface area contributed by atoms with E-state index in [4.69, 9.17) is 9.47 Å². The molecule has 4 rings (SSSR count). The van der Waals surface area contributed by atoms with E-state index in [1.54, 1.807) is 31.2 Å². The van der Waals surface area contributed by atoms with Crippen LogP contribution in [-0.2, 0) is 9.47 Å². The van der Waals surface area contributed by atoms with Crippen LogP contribution in [0.25, 0.3) is 0 Å². The molecule has 2 nitrogen and oxygen atoms in total. The summed E-state index contributed by atoms with van der Waals surface area (Å²) in [5.41, 5.74) is 1.90. The van der Waals surface area contributed by atoms with Crippen molar-refractivity contribution in [3.05, 3.63) is 69.9 Å². The Labute approximate surface area is 191 Å². The summed E-state index contributed by atoms with van der Waals surface area (Å²) in [5.74, 6) is 0.301. The van der Waals surface area contributed by atoms with Crippen LogP contribution in [0.2, 0.25) is 0 Å². The van der Waals surface area contributed by atoms with E-state index in [1.165, 1.54) is 12.2 Å². The maximum Gasteiger partial charge on any atom is 0.381 e. The molecule has 7 heteroatoms. The minimum Gasteiger partial charge on any atom is -0.352 e. The highest BCUT2D eigenvalue weighted by atomic mass is 19.3. The van der Waals surface area contributed by atoms with Crippen molar-refractivity contribution >= 4 is 0 Å². The maximum atomic E-state index is 14.9. The van der Waals surface area contributed by atoms with Crippen LogP contribution in [0.5, 0.6) is 0 Å². The van der Waals surface area contributed by atoms with Crippen molar-refractivity contribution in [3.63, 3.8) is 0 Å². The summed E-state index contributed by atoms with van der Waals surface area (Å²) in [4.78, 5) is 0. The van der Waals surface area contributed by atoms with Crippen LogP contribution in [-0.4, -0.2) is 37.5 Å². The molecule has 0 N–H and O–H groups in total. The van der Waals surface area contributed by atoms with Crippen molar-refractivity contribution in [1.82, 2.24) is 0 Å². The van der Waals surface area contributed by atoms with Gasteiger partial charge in [0.1, 0.15) is 6.17 Å². The molecule has 4 aliphatic rings. The molecule has 0 spiro atoms. The Kier molecular flexibility index (Phi) is 7.10. The summed E-state index contributed by atoms with van der Waals surface area (Å²) in [5, 5.41) is 0. The van der Waals surface area contributed by atoms with Gasteiger partial charge in [-0.1, -0.05) is 43.4 Å². The lowest BCUT2D eigenvalue weighted by molar-refractivity contribution is -0.308. The smallest absolute Gasteiger partial charge is 0.352 e. The van der Waals surface area contributed by atoms with Gasteiger partial charge in [-0.05, 0) is 66.4 Å². The molecule has 5 atom stereocenters. The second-order valence-corrected chi connectivity index (χ2v) is 9.29. The molecule has 0 aromatic heterocycles. The molecular weight excluding hydrogens is 439 g/mol. The highest BCUT2D eigenvalue weighted by Gasteiger charge is 2.42. The summed E-state index contributed by atoms with van der Waals surface area (Å²) < 4.78 is 82.8. The Bertz CT molecular complexity index is 948. The highest BCUT2D eigenvalue weighted by Crippen LogP contribution is 2.41. The van der Waals surface area contributed by atoms with E-state index in [-0.39, 0.29) is 0 Å². The zero-order valence-corrected chi connectivity index (χ0v) is 18.8. The Morgan fingerprint density at radius 1 is 0.879 bits per heavy atom. The van der Waals surface area contributed by atoms with Crippen LogP contribution in [0.15, 0.2) is 69.9 Å². The van der Waals surface area contributed by atoms with E-state index in [1.807, 2.05) is 6.92 Å². The molecule has 0 amide bonds. The number of hydrogen-bond acceptors (Lipinski definition) is 2. The SMILES string of the molecule is CC1=CC=C(C2=CC=C(C3=CC=C(C(F)(F)OC4CCC(C)CO4)C[C@H]3F)CC2)C(F)C1F. The van der Waals surface area contributed by atoms with Gasteiger partial charge >= 0.3 is 6.11 Å². The van der Waals surface area contributed by atoms with E-state index in [9.17, 15) is 22.0 Å². The van der Waals surface area contributed by atoms with E-state index in [2.05, 4.69) is 0 Å². The van der Waals surface area contributed by atoms with Gasteiger partial charge in [-0.15, -0.1) is 0 Å². The minimum atomic E-state index is -3.61. The maximum absolute atomic E-state index is 14.9. The number of allylic oxidation sites excluding steroid dienone is 11. The molecule has 0 saturated carbocycles. The standard InChI is InChI=1S/C26H29F5O2/c1-15-3-12-23(32-14-15)33-26(30,31)19-9-11-20(22(27)13-19)17-5-7-18(8-6-17)21-10-4-16(2)24(28)25(21)29/h4-5,7,9-11,15,22-25H,3,6,8,12-14H2,1-2H3/t15?,22-,23?,24?,25?/m1/s1. The van der Waals surface area contributed by atoms with Gasteiger partial charge in [0.25, 0.3) is 0 Å². The molecule has 0 aromatic rings. The third kappa shape index (κ3) is 5.24. The average Bonchev–Trinajstić information content (AvgIpc) is 2.79. The molecule has 0 aromatic carbocycles. The average molecular weight is 469 g/mol. The largest absolute Gasteiger partial charge is 0.381 e. The van der Waals surface area contributed by atoms with Crippen LogP contribution in [0.4, 0.5) is 22.0 Å². The Hall–Kier alpha value is -1.99. The monoisotopic (exact) mass is 468 g/mol. The van der Waals surface area contributed by atoms with Gasteiger partial charge in [-0.2, -0.15) is 8.78 Å². The van der Waals surface area contributed by atoms with E-state index < -0.39 is 42.9 Å². The number of rotatable bonds is 5. The lowest BCUT2D eigenvalue weighted by atomic mass is 9.82. The Morgan fingerprint density at radius 3 is 2.15 bits per heavy atom. The molecular formula is C26H29F5O2. The van der Waals surface area contributed by atoms with Crippen LogP contribution < -0.4 is 0 Å². The topological polar surface area (TPSA) is 18.5 Å². The van der Waals surface area contributed by atoms with E-state index in [0.29, 0.717) is 59.7 Å². The van der Waals surface area contributed by atoms with Gasteiger partial charge in [-0.3, -0.25) is 4.74 Å². The zero-order valence-electron chi connectivity index (χ0n) is 18.8. The Morgan fingerprint density at radius 2 is 1.55 bits per heavy atom. The summed E-state index contributed by atoms with van der Waals surface area (Å²) >= 11 is 0. The fourth-order valence-electron chi connectivity index (χ4n) is 4.58. The normalized spacial score (nSPS) is 33.4. The second-order valence-electron chi connectivity index (χ2n) is 9.29. The summed E-state index contributed by atoms with van der Waals surface area (Å²) in [6.07, 6.45) is 1.00. The van der Waals surface area contributed by atoms with Crippen molar-refractivity contribution < 1.29 is 31.4 Å². The molecule has 1 saturated heterocycles. The lowest BCUT2D eigenvalue weighted by Crippen LogP contribution is -2.36. The fourth-order valence-corrected chi connectivity index (χ4v) is 4.58. The van der Waals surface area contributed by atoms with Gasteiger partial charge in [-0.25, -0.2) is 13.2 Å². The molecule has 4 unspecified atom stereocenters. The van der Waals surface area contributed by atoms with Crippen LogP contribution >= 0.6 is 0 Å². The molecule has 0 radical (unpaired) electrons. The number of hydrogen-bond donors (Lipinski definition) is 0. The first-order chi connectivity index (χ1) is 15.7. The molecule has 1 heterocycles. The van der Waals surface area contributed by atoms with Gasteiger partial charge in [0.15, 0.2) is 18.6 Å². The molecule has 1 aliphatic heterocycles. The predicted molar refractivity (Wildman–Crippen MR) is 117 cm³/mol. The Balaban J connectivity index is 1.47. The first-order valence-corrected chi connectivity index (χ1v) is 11.4. The van der Waals surface area contributed by atoms with Crippen LogP contribution in [0.3, 0.4) is 0 Å². The third-order valence-electron chi connectivity index (χ3n) is 6.72. The number of halogens is 5. The third-order valence-corrected chi connectivity index (χ3v) is 6.72. The number of alkyl halides is 5. The van der Waals surface area contributed by atoms with E-state index >= 15 is 0 Å². The highest BCUT2D eigenvalue weighted by molar-refractivity contribution is 5.51. The fraction of sp³-hybridized carbons (Fsp3) is 0.538. The van der Waals surface area contributed by atoms with Crippen LogP contribution in [0.1, 0.15) is 46.0 Å². The van der Waals surface area contributed by atoms with Crippen LogP contribution in [0, 0.1) is 5.92 Å². The molecule has 0 bridgehead atoms. The predicted octanol–water partition coefficient (Wildman–Crippen LogP) is 7.17. The first kappa shape index (κ1) is 24.1. The summed E-state index contributed by atoms with van der Waals surface area (Å²) in [6.45, 7) is 3.89. The molecule has 3 aliphatic carbocycles. The lowest BCUT2D eigenvalue weighted by Gasteiger charge is -2.32. The molecule has 1 fully saturated rings. The summed E-state index contributed by atoms with van der Waals surface area (Å²) in [7, 11) is 0. The first-order valence-electron chi connectivity index (χ1n) is 11.4.